The average molecular weight is 349 g/mol. The molecular weight excluding hydrogens is 320 g/mol. The summed E-state index contributed by atoms with van der Waals surface area (Å²) < 4.78 is 0. The van der Waals surface area contributed by atoms with Crippen LogP contribution in [0.25, 0.3) is 0 Å². The van der Waals surface area contributed by atoms with E-state index in [1.54, 1.807) is 11.3 Å². The van der Waals surface area contributed by atoms with Gasteiger partial charge in [0.2, 0.25) is 5.91 Å². The van der Waals surface area contributed by atoms with Gasteiger partial charge in [-0.3, -0.25) is 9.59 Å². The lowest BCUT2D eigenvalue weighted by atomic mass is 9.87. The van der Waals surface area contributed by atoms with Crippen LogP contribution >= 0.6 is 11.3 Å². The Hall–Kier alpha value is -1.36. The molecule has 0 bridgehead atoms. The minimum absolute atomic E-state index is 0.0732. The molecule has 0 aromatic carbocycles. The van der Waals surface area contributed by atoms with Gasteiger partial charge in [-0.2, -0.15) is 0 Å². The molecule has 3 rings (SSSR count). The van der Waals surface area contributed by atoms with Crippen molar-refractivity contribution in [1.29, 1.82) is 0 Å². The summed E-state index contributed by atoms with van der Waals surface area (Å²) in [4.78, 5) is 29.0. The first kappa shape index (κ1) is 17.5. The van der Waals surface area contributed by atoms with E-state index in [9.17, 15) is 9.59 Å². The number of nitrogens with one attached hydrogen (secondary N) is 1. The monoisotopic (exact) mass is 348 g/mol. The van der Waals surface area contributed by atoms with Crippen molar-refractivity contribution < 1.29 is 9.59 Å². The Morgan fingerprint density at radius 3 is 2.58 bits per heavy atom. The van der Waals surface area contributed by atoms with Crippen molar-refractivity contribution in [3.8, 4) is 0 Å². The maximum Gasteiger partial charge on any atom is 0.263 e. The van der Waals surface area contributed by atoms with Gasteiger partial charge in [-0.1, -0.05) is 12.8 Å². The van der Waals surface area contributed by atoms with Gasteiger partial charge in [-0.15, -0.1) is 11.3 Å². The van der Waals surface area contributed by atoms with Crippen LogP contribution in [0, 0.1) is 5.92 Å². The highest BCUT2D eigenvalue weighted by molar-refractivity contribution is 7.14. The van der Waals surface area contributed by atoms with Gasteiger partial charge in [0, 0.05) is 29.9 Å². The number of amides is 2. The number of aryl methyl sites for hydroxylation is 1. The number of hydrogen-bond donors (Lipinski definition) is 1. The van der Waals surface area contributed by atoms with Gasteiger partial charge in [0.1, 0.15) is 0 Å². The second-order valence-corrected chi connectivity index (χ2v) is 8.10. The normalized spacial score (nSPS) is 20.7. The van der Waals surface area contributed by atoms with Crippen molar-refractivity contribution in [2.24, 2.45) is 5.92 Å². The van der Waals surface area contributed by atoms with Crippen LogP contribution in [-0.4, -0.2) is 35.8 Å². The first-order valence-electron chi connectivity index (χ1n) is 9.33. The molecule has 24 heavy (non-hydrogen) atoms. The summed E-state index contributed by atoms with van der Waals surface area (Å²) in [6.07, 6.45) is 7.35. The third-order valence-electron chi connectivity index (χ3n) is 5.42. The number of thiophene rings is 1. The van der Waals surface area contributed by atoms with Crippen molar-refractivity contribution in [2.45, 2.75) is 64.8 Å². The Morgan fingerprint density at radius 2 is 1.92 bits per heavy atom. The summed E-state index contributed by atoms with van der Waals surface area (Å²) in [5.74, 6) is 0.422. The number of nitrogens with zero attached hydrogens (tertiary/aromatic N) is 1. The summed E-state index contributed by atoms with van der Waals surface area (Å²) in [7, 11) is 0. The topological polar surface area (TPSA) is 49.4 Å². The number of carbonyl (C=O) groups excluding carboxylic acids is 2. The van der Waals surface area contributed by atoms with E-state index in [0.29, 0.717) is 6.04 Å². The molecule has 2 aliphatic rings. The van der Waals surface area contributed by atoms with E-state index in [0.717, 1.165) is 50.1 Å². The van der Waals surface area contributed by atoms with Gasteiger partial charge in [0.15, 0.2) is 0 Å². The van der Waals surface area contributed by atoms with Crippen LogP contribution in [0.15, 0.2) is 6.07 Å². The standard InChI is InChI=1S/C19H28N2O2S/c1-3-21(4-2)19(23)17-12-14-11-13(9-10-16(14)24-17)18(22)20-15-7-5-6-8-15/h12-13,15H,3-11H2,1-2H3,(H,20,22)/t13-/m0/s1. The molecule has 1 aromatic rings. The summed E-state index contributed by atoms with van der Waals surface area (Å²) >= 11 is 1.63. The molecule has 0 radical (unpaired) electrons. The van der Waals surface area contributed by atoms with Gasteiger partial charge >= 0.3 is 0 Å². The first-order valence-corrected chi connectivity index (χ1v) is 10.1. The summed E-state index contributed by atoms with van der Waals surface area (Å²) in [5, 5.41) is 3.23. The number of carbonyl (C=O) groups is 2. The van der Waals surface area contributed by atoms with E-state index in [1.165, 1.54) is 23.3 Å². The van der Waals surface area contributed by atoms with Gasteiger partial charge < -0.3 is 10.2 Å². The van der Waals surface area contributed by atoms with E-state index in [1.807, 2.05) is 24.8 Å². The molecule has 0 spiro atoms. The lowest BCUT2D eigenvalue weighted by Gasteiger charge is -2.23. The van der Waals surface area contributed by atoms with Crippen molar-refractivity contribution in [3.63, 3.8) is 0 Å². The Balaban J connectivity index is 1.65. The molecule has 1 heterocycles. The van der Waals surface area contributed by atoms with E-state index >= 15 is 0 Å². The summed E-state index contributed by atoms with van der Waals surface area (Å²) in [6.45, 7) is 5.51. The average Bonchev–Trinajstić information content (AvgIpc) is 3.24. The molecule has 2 aliphatic carbocycles. The minimum Gasteiger partial charge on any atom is -0.353 e. The van der Waals surface area contributed by atoms with Crippen LogP contribution in [0.1, 0.15) is 66.1 Å². The molecule has 0 unspecified atom stereocenters. The summed E-state index contributed by atoms with van der Waals surface area (Å²) in [6, 6.07) is 2.43. The van der Waals surface area contributed by atoms with E-state index in [-0.39, 0.29) is 17.7 Å². The number of rotatable bonds is 5. The first-order chi connectivity index (χ1) is 11.6. The number of fused-ring (bicyclic) bond motifs is 1. The molecule has 1 aromatic heterocycles. The van der Waals surface area contributed by atoms with Gasteiger partial charge in [-0.05, 0) is 57.6 Å². The van der Waals surface area contributed by atoms with E-state index < -0.39 is 0 Å². The third kappa shape index (κ3) is 3.66. The second-order valence-electron chi connectivity index (χ2n) is 6.97. The smallest absolute Gasteiger partial charge is 0.263 e. The zero-order chi connectivity index (χ0) is 17.1. The zero-order valence-electron chi connectivity index (χ0n) is 14.8. The molecule has 1 atom stereocenters. The van der Waals surface area contributed by atoms with Crippen LogP contribution in [0.2, 0.25) is 0 Å². The molecule has 1 N–H and O–H groups in total. The maximum absolute atomic E-state index is 12.5. The lowest BCUT2D eigenvalue weighted by Crippen LogP contribution is -2.39. The Bertz CT molecular complexity index is 601. The molecule has 2 amide bonds. The Morgan fingerprint density at radius 1 is 1.21 bits per heavy atom. The summed E-state index contributed by atoms with van der Waals surface area (Å²) in [5.41, 5.74) is 1.22. The SMILES string of the molecule is CCN(CC)C(=O)c1cc2c(s1)CC[C@H](C(=O)NC1CCCC1)C2. The van der Waals surface area contributed by atoms with Crippen molar-refractivity contribution >= 4 is 23.2 Å². The highest BCUT2D eigenvalue weighted by atomic mass is 32.1. The predicted molar refractivity (Wildman–Crippen MR) is 97.5 cm³/mol. The van der Waals surface area contributed by atoms with Crippen molar-refractivity contribution in [3.05, 3.63) is 21.4 Å². The molecule has 0 saturated heterocycles. The van der Waals surface area contributed by atoms with E-state index in [2.05, 4.69) is 5.32 Å². The van der Waals surface area contributed by atoms with Gasteiger partial charge in [0.25, 0.3) is 5.91 Å². The van der Waals surface area contributed by atoms with Crippen molar-refractivity contribution in [1.82, 2.24) is 10.2 Å². The van der Waals surface area contributed by atoms with Crippen LogP contribution in [0.5, 0.6) is 0 Å². The fraction of sp³-hybridized carbons (Fsp3) is 0.684. The Kier molecular flexibility index (Phi) is 5.59. The fourth-order valence-corrected chi connectivity index (χ4v) is 5.09. The number of hydrogen-bond acceptors (Lipinski definition) is 3. The molecular formula is C19H28N2O2S. The quantitative estimate of drug-likeness (QED) is 0.887. The fourth-order valence-electron chi connectivity index (χ4n) is 3.91. The van der Waals surface area contributed by atoms with Crippen LogP contribution < -0.4 is 5.32 Å². The van der Waals surface area contributed by atoms with Crippen molar-refractivity contribution in [2.75, 3.05) is 13.1 Å². The van der Waals surface area contributed by atoms with Gasteiger partial charge in [-0.25, -0.2) is 0 Å². The minimum atomic E-state index is 0.0732. The van der Waals surface area contributed by atoms with Crippen LogP contribution in [0.4, 0.5) is 0 Å². The molecule has 4 nitrogen and oxygen atoms in total. The predicted octanol–water partition coefficient (Wildman–Crippen LogP) is 3.39. The molecule has 1 saturated carbocycles. The second kappa shape index (κ2) is 7.68. The lowest BCUT2D eigenvalue weighted by molar-refractivity contribution is -0.126. The van der Waals surface area contributed by atoms with E-state index in [4.69, 9.17) is 0 Å². The third-order valence-corrected chi connectivity index (χ3v) is 6.64. The molecule has 132 valence electrons. The van der Waals surface area contributed by atoms with Gasteiger partial charge in [0.05, 0.1) is 4.88 Å². The van der Waals surface area contributed by atoms with Crippen LogP contribution in [0.3, 0.4) is 0 Å². The largest absolute Gasteiger partial charge is 0.353 e. The molecule has 0 aliphatic heterocycles. The van der Waals surface area contributed by atoms with Crippen LogP contribution in [-0.2, 0) is 17.6 Å². The Labute approximate surface area is 148 Å². The zero-order valence-corrected chi connectivity index (χ0v) is 15.6. The maximum atomic E-state index is 12.5. The highest BCUT2D eigenvalue weighted by Crippen LogP contribution is 2.33. The highest BCUT2D eigenvalue weighted by Gasteiger charge is 2.29. The molecule has 5 heteroatoms. The molecule has 1 fully saturated rings.